The maximum atomic E-state index is 11.9. The molecule has 0 saturated heterocycles. The monoisotopic (exact) mass is 316 g/mol. The number of benzene rings is 1. The summed E-state index contributed by atoms with van der Waals surface area (Å²) in [5.74, 6) is 0.382. The van der Waals surface area contributed by atoms with E-state index in [9.17, 15) is 9.59 Å². The highest BCUT2D eigenvalue weighted by atomic mass is 32.1. The van der Waals surface area contributed by atoms with Crippen LogP contribution in [0.15, 0.2) is 29.1 Å². The molecule has 3 rings (SSSR count). The summed E-state index contributed by atoms with van der Waals surface area (Å²) in [6, 6.07) is 6.58. The molecule has 0 aliphatic heterocycles. The van der Waals surface area contributed by atoms with Gasteiger partial charge in [0.25, 0.3) is 5.56 Å². The van der Waals surface area contributed by atoms with Gasteiger partial charge in [0.05, 0.1) is 17.4 Å². The third kappa shape index (κ3) is 3.09. The Morgan fingerprint density at radius 1 is 1.32 bits per heavy atom. The summed E-state index contributed by atoms with van der Waals surface area (Å²) in [6.07, 6.45) is 0. The molecule has 0 saturated carbocycles. The number of para-hydroxylation sites is 1. The Kier molecular flexibility index (Phi) is 3.79. The van der Waals surface area contributed by atoms with Gasteiger partial charge in [-0.05, 0) is 19.1 Å². The second-order valence-electron chi connectivity index (χ2n) is 4.46. The number of fused-ring (bicyclic) bond motifs is 1. The van der Waals surface area contributed by atoms with Crippen molar-refractivity contribution in [3.8, 4) is 0 Å². The number of nitrogens with zero attached hydrogens (tertiary/aromatic N) is 3. The number of aryl methyl sites for hydroxylation is 1. The number of rotatable bonds is 3. The van der Waals surface area contributed by atoms with E-state index in [2.05, 4.69) is 30.8 Å². The Morgan fingerprint density at radius 3 is 2.91 bits per heavy atom. The number of urea groups is 1. The van der Waals surface area contributed by atoms with Crippen LogP contribution in [0, 0.1) is 6.92 Å². The van der Waals surface area contributed by atoms with Gasteiger partial charge < -0.3 is 10.3 Å². The molecular weight excluding hydrogens is 304 g/mol. The number of carbonyl (C=O) groups is 1. The molecule has 1 aromatic carbocycles. The van der Waals surface area contributed by atoms with Crippen LogP contribution in [0.25, 0.3) is 10.9 Å². The number of nitrogens with one attached hydrogen (secondary N) is 3. The van der Waals surface area contributed by atoms with Gasteiger partial charge in [-0.2, -0.15) is 0 Å². The Balaban J connectivity index is 1.68. The minimum absolute atomic E-state index is 0.101. The van der Waals surface area contributed by atoms with E-state index in [1.807, 2.05) is 0 Å². The molecule has 3 N–H and O–H groups in total. The molecule has 112 valence electrons. The molecular formula is C13H12N6O2S. The fourth-order valence-corrected chi connectivity index (χ4v) is 2.46. The van der Waals surface area contributed by atoms with Crippen LogP contribution in [0.2, 0.25) is 0 Å². The normalized spacial score (nSPS) is 10.6. The number of amides is 2. The minimum atomic E-state index is -0.438. The van der Waals surface area contributed by atoms with Crippen molar-refractivity contribution in [1.82, 2.24) is 25.5 Å². The van der Waals surface area contributed by atoms with E-state index in [-0.39, 0.29) is 12.1 Å². The quantitative estimate of drug-likeness (QED) is 0.676. The van der Waals surface area contributed by atoms with Gasteiger partial charge in [-0.15, -0.1) is 10.2 Å². The van der Waals surface area contributed by atoms with Crippen molar-refractivity contribution < 1.29 is 4.79 Å². The smallest absolute Gasteiger partial charge is 0.321 e. The first kappa shape index (κ1) is 14.1. The highest BCUT2D eigenvalue weighted by Gasteiger charge is 2.07. The van der Waals surface area contributed by atoms with Crippen LogP contribution in [0.4, 0.5) is 9.93 Å². The number of hydrogen-bond acceptors (Lipinski definition) is 6. The number of anilines is 1. The summed E-state index contributed by atoms with van der Waals surface area (Å²) in [6.45, 7) is 1.90. The summed E-state index contributed by atoms with van der Waals surface area (Å²) >= 11 is 1.27. The molecule has 0 radical (unpaired) electrons. The SMILES string of the molecule is Cc1nnc(NC(=O)NCc2nc3ccccc3c(=O)[nH]2)s1. The first-order chi connectivity index (χ1) is 10.6. The van der Waals surface area contributed by atoms with Gasteiger partial charge in [-0.3, -0.25) is 10.1 Å². The summed E-state index contributed by atoms with van der Waals surface area (Å²) < 4.78 is 0. The molecule has 0 atom stereocenters. The number of aromatic amines is 1. The number of H-pyrrole nitrogens is 1. The van der Waals surface area contributed by atoms with Gasteiger partial charge >= 0.3 is 6.03 Å². The van der Waals surface area contributed by atoms with Crippen LogP contribution in [0.5, 0.6) is 0 Å². The summed E-state index contributed by atoms with van der Waals surface area (Å²) in [5.41, 5.74) is 0.353. The zero-order chi connectivity index (χ0) is 15.5. The molecule has 0 unspecified atom stereocenters. The lowest BCUT2D eigenvalue weighted by Gasteiger charge is -2.05. The van der Waals surface area contributed by atoms with Crippen molar-refractivity contribution in [3.63, 3.8) is 0 Å². The summed E-state index contributed by atoms with van der Waals surface area (Å²) in [5, 5.41) is 14.4. The van der Waals surface area contributed by atoms with Gasteiger partial charge in [0.15, 0.2) is 0 Å². The van der Waals surface area contributed by atoms with Crippen molar-refractivity contribution in [2.45, 2.75) is 13.5 Å². The molecule has 0 aliphatic carbocycles. The maximum absolute atomic E-state index is 11.9. The Hall–Kier alpha value is -2.81. The molecule has 2 aromatic heterocycles. The Morgan fingerprint density at radius 2 is 2.14 bits per heavy atom. The van der Waals surface area contributed by atoms with E-state index in [0.717, 1.165) is 5.01 Å². The predicted molar refractivity (Wildman–Crippen MR) is 82.9 cm³/mol. The molecule has 3 aromatic rings. The second-order valence-corrected chi connectivity index (χ2v) is 5.65. The first-order valence-corrected chi connectivity index (χ1v) is 7.26. The molecule has 8 nitrogen and oxygen atoms in total. The Labute approximate surface area is 128 Å². The van der Waals surface area contributed by atoms with Gasteiger partial charge in [-0.25, -0.2) is 9.78 Å². The molecule has 0 bridgehead atoms. The molecule has 22 heavy (non-hydrogen) atoms. The standard InChI is InChI=1S/C13H12N6O2S/c1-7-18-19-13(22-7)17-12(21)14-6-10-15-9-5-3-2-4-8(9)11(20)16-10/h2-5H,6H2,1H3,(H,15,16,20)(H2,14,17,19,21). The highest BCUT2D eigenvalue weighted by Crippen LogP contribution is 2.13. The number of hydrogen-bond donors (Lipinski definition) is 3. The highest BCUT2D eigenvalue weighted by molar-refractivity contribution is 7.15. The van der Waals surface area contributed by atoms with Gasteiger partial charge in [-0.1, -0.05) is 23.5 Å². The van der Waals surface area contributed by atoms with Crippen molar-refractivity contribution in [3.05, 3.63) is 45.5 Å². The van der Waals surface area contributed by atoms with E-state index >= 15 is 0 Å². The van der Waals surface area contributed by atoms with Gasteiger partial charge in [0, 0.05) is 0 Å². The zero-order valence-corrected chi connectivity index (χ0v) is 12.4. The number of aromatic nitrogens is 4. The average molecular weight is 316 g/mol. The van der Waals surface area contributed by atoms with Gasteiger partial charge in [0.1, 0.15) is 10.8 Å². The molecule has 9 heteroatoms. The third-order valence-corrected chi connectivity index (χ3v) is 3.58. The molecule has 2 heterocycles. The van der Waals surface area contributed by atoms with E-state index in [4.69, 9.17) is 0 Å². The topological polar surface area (TPSA) is 113 Å². The van der Waals surface area contributed by atoms with E-state index in [0.29, 0.717) is 21.9 Å². The van der Waals surface area contributed by atoms with E-state index in [1.54, 1.807) is 31.2 Å². The van der Waals surface area contributed by atoms with Crippen LogP contribution in [0.3, 0.4) is 0 Å². The summed E-state index contributed by atoms with van der Waals surface area (Å²) in [7, 11) is 0. The van der Waals surface area contributed by atoms with Crippen LogP contribution in [-0.2, 0) is 6.54 Å². The van der Waals surface area contributed by atoms with Crippen LogP contribution >= 0.6 is 11.3 Å². The second kappa shape index (κ2) is 5.90. The Bertz CT molecular complexity index is 887. The third-order valence-electron chi connectivity index (χ3n) is 2.82. The maximum Gasteiger partial charge on any atom is 0.321 e. The van der Waals surface area contributed by atoms with Crippen molar-refractivity contribution >= 4 is 33.4 Å². The van der Waals surface area contributed by atoms with Crippen LogP contribution in [0.1, 0.15) is 10.8 Å². The first-order valence-electron chi connectivity index (χ1n) is 6.45. The minimum Gasteiger partial charge on any atom is -0.331 e. The fourth-order valence-electron chi connectivity index (χ4n) is 1.87. The molecule has 0 fully saturated rings. The molecule has 0 spiro atoms. The van der Waals surface area contributed by atoms with Crippen molar-refractivity contribution in [2.75, 3.05) is 5.32 Å². The average Bonchev–Trinajstić information content (AvgIpc) is 2.90. The van der Waals surface area contributed by atoms with E-state index in [1.165, 1.54) is 11.3 Å². The zero-order valence-electron chi connectivity index (χ0n) is 11.6. The lowest BCUT2D eigenvalue weighted by atomic mass is 10.2. The lowest BCUT2D eigenvalue weighted by molar-refractivity contribution is 0.251. The van der Waals surface area contributed by atoms with Gasteiger partial charge in [0.2, 0.25) is 5.13 Å². The van der Waals surface area contributed by atoms with Crippen LogP contribution < -0.4 is 16.2 Å². The van der Waals surface area contributed by atoms with Crippen molar-refractivity contribution in [2.24, 2.45) is 0 Å². The fraction of sp³-hybridized carbons (Fsp3) is 0.154. The lowest BCUT2D eigenvalue weighted by Crippen LogP contribution is -2.29. The largest absolute Gasteiger partial charge is 0.331 e. The van der Waals surface area contributed by atoms with Crippen molar-refractivity contribution in [1.29, 1.82) is 0 Å². The van der Waals surface area contributed by atoms with E-state index < -0.39 is 6.03 Å². The molecule has 0 aliphatic rings. The molecule has 2 amide bonds. The van der Waals surface area contributed by atoms with Crippen LogP contribution in [-0.4, -0.2) is 26.2 Å². The predicted octanol–water partition coefficient (Wildman–Crippen LogP) is 1.40. The summed E-state index contributed by atoms with van der Waals surface area (Å²) in [4.78, 5) is 30.6. The number of carbonyl (C=O) groups excluding carboxylic acids is 1.